The molecule has 4 N–H and O–H groups in total. The smallest absolute Gasteiger partial charge is 0.326 e. The van der Waals surface area contributed by atoms with Gasteiger partial charge in [-0.25, -0.2) is 9.59 Å². The Hall–Kier alpha value is -1.44. The van der Waals surface area contributed by atoms with Crippen molar-refractivity contribution in [2.75, 3.05) is 5.75 Å². The average molecular weight is 357 g/mol. The number of carbonyl (C=O) groups is 3. The predicted octanol–water partition coefficient (Wildman–Crippen LogP) is 1.33. The van der Waals surface area contributed by atoms with Gasteiger partial charge in [-0.05, 0) is 25.2 Å². The quantitative estimate of drug-likeness (QED) is 0.368. The maximum Gasteiger partial charge on any atom is 0.326 e. The minimum atomic E-state index is -0.977. The van der Waals surface area contributed by atoms with Crippen molar-refractivity contribution in [2.45, 2.75) is 69.3 Å². The summed E-state index contributed by atoms with van der Waals surface area (Å²) in [6, 6.07) is -0.468. The van der Waals surface area contributed by atoms with Gasteiger partial charge in [0.2, 0.25) is 5.91 Å². The molecule has 0 aromatic heterocycles. The van der Waals surface area contributed by atoms with Crippen LogP contribution in [0.15, 0.2) is 0 Å². The molecule has 7 nitrogen and oxygen atoms in total. The van der Waals surface area contributed by atoms with Gasteiger partial charge in [-0.2, -0.15) is 11.8 Å². The summed E-state index contributed by atoms with van der Waals surface area (Å²) in [5.74, 6) is -0.0240. The van der Waals surface area contributed by atoms with E-state index >= 15 is 0 Å². The van der Waals surface area contributed by atoms with Crippen molar-refractivity contribution in [3.05, 3.63) is 0 Å². The van der Waals surface area contributed by atoms with Crippen LogP contribution in [0.2, 0.25) is 0 Å². The van der Waals surface area contributed by atoms with Crippen LogP contribution in [0.4, 0.5) is 4.79 Å². The maximum atomic E-state index is 11.9. The SMILES string of the molecule is CC(C)C[C@@H](NC(=O)CCCC[C@@H]1SC[C@@H]2NC(=O)N[C@@H]21)C(=O)O. The molecule has 2 heterocycles. The van der Waals surface area contributed by atoms with Crippen molar-refractivity contribution in [3.63, 3.8) is 0 Å². The Morgan fingerprint density at radius 1 is 1.33 bits per heavy atom. The van der Waals surface area contributed by atoms with E-state index in [1.54, 1.807) is 0 Å². The van der Waals surface area contributed by atoms with Gasteiger partial charge in [-0.15, -0.1) is 0 Å². The van der Waals surface area contributed by atoms with Gasteiger partial charge in [-0.1, -0.05) is 20.3 Å². The number of amides is 3. The highest BCUT2D eigenvalue weighted by Gasteiger charge is 2.42. The number of urea groups is 1. The highest BCUT2D eigenvalue weighted by Crippen LogP contribution is 2.33. The summed E-state index contributed by atoms with van der Waals surface area (Å²) < 4.78 is 0. The predicted molar refractivity (Wildman–Crippen MR) is 93.0 cm³/mol. The van der Waals surface area contributed by atoms with Gasteiger partial charge >= 0.3 is 12.0 Å². The lowest BCUT2D eigenvalue weighted by molar-refractivity contribution is -0.142. The van der Waals surface area contributed by atoms with Crippen LogP contribution in [0.25, 0.3) is 0 Å². The summed E-state index contributed by atoms with van der Waals surface area (Å²) in [7, 11) is 0. The molecule has 0 unspecified atom stereocenters. The number of hydrogen-bond acceptors (Lipinski definition) is 4. The van der Waals surface area contributed by atoms with Crippen LogP contribution in [-0.2, 0) is 9.59 Å². The van der Waals surface area contributed by atoms with Gasteiger partial charge in [0, 0.05) is 17.4 Å². The minimum absolute atomic E-state index is 0.0838. The zero-order chi connectivity index (χ0) is 17.7. The number of carboxylic acid groups (broad SMARTS) is 1. The van der Waals surface area contributed by atoms with Gasteiger partial charge in [0.05, 0.1) is 12.1 Å². The standard InChI is InChI=1S/C16H27N3O4S/c1-9(2)7-10(15(21)22)17-13(20)6-4-3-5-12-14-11(8-24-12)18-16(23)19-14/h9-12,14H,3-8H2,1-2H3,(H,17,20)(H,21,22)(H2,18,19,23)/t10-,11+,12+,14+/m1/s1. The Balaban J connectivity index is 1.64. The van der Waals surface area contributed by atoms with E-state index in [-0.39, 0.29) is 29.9 Å². The first-order valence-electron chi connectivity index (χ1n) is 8.57. The van der Waals surface area contributed by atoms with Gasteiger partial charge in [-0.3, -0.25) is 4.79 Å². The lowest BCUT2D eigenvalue weighted by Crippen LogP contribution is -2.41. The second-order valence-corrected chi connectivity index (χ2v) is 8.23. The molecular formula is C16H27N3O4S. The van der Waals surface area contributed by atoms with Crippen molar-refractivity contribution >= 4 is 29.7 Å². The molecule has 0 spiro atoms. The second kappa shape index (κ2) is 8.60. The normalized spacial score (nSPS) is 26.6. The summed E-state index contributed by atoms with van der Waals surface area (Å²) in [4.78, 5) is 34.4. The maximum absolute atomic E-state index is 11.9. The number of carbonyl (C=O) groups excluding carboxylic acids is 2. The van der Waals surface area contributed by atoms with E-state index in [2.05, 4.69) is 16.0 Å². The summed E-state index contributed by atoms with van der Waals surface area (Å²) in [6.07, 6.45) is 3.37. The topological polar surface area (TPSA) is 108 Å². The van der Waals surface area contributed by atoms with Crippen LogP contribution in [0.1, 0.15) is 46.0 Å². The zero-order valence-electron chi connectivity index (χ0n) is 14.2. The van der Waals surface area contributed by atoms with E-state index in [0.717, 1.165) is 25.0 Å². The van der Waals surface area contributed by atoms with Crippen molar-refractivity contribution < 1.29 is 19.5 Å². The van der Waals surface area contributed by atoms with E-state index < -0.39 is 12.0 Å². The molecule has 24 heavy (non-hydrogen) atoms. The molecule has 2 rings (SSSR count). The van der Waals surface area contributed by atoms with E-state index in [1.807, 2.05) is 25.6 Å². The van der Waals surface area contributed by atoms with Crippen LogP contribution in [-0.4, -0.2) is 52.1 Å². The second-order valence-electron chi connectivity index (χ2n) is 6.96. The molecule has 0 bridgehead atoms. The lowest BCUT2D eigenvalue weighted by atomic mass is 10.0. The third-order valence-electron chi connectivity index (χ3n) is 4.42. The van der Waals surface area contributed by atoms with Crippen LogP contribution in [0, 0.1) is 5.92 Å². The van der Waals surface area contributed by atoms with Crippen LogP contribution < -0.4 is 16.0 Å². The third kappa shape index (κ3) is 5.29. The Morgan fingerprint density at radius 2 is 2.08 bits per heavy atom. The molecule has 8 heteroatoms. The number of rotatable bonds is 9. The highest BCUT2D eigenvalue weighted by molar-refractivity contribution is 8.00. The zero-order valence-corrected chi connectivity index (χ0v) is 15.0. The Bertz CT molecular complexity index is 486. The van der Waals surface area contributed by atoms with E-state index in [9.17, 15) is 14.4 Å². The molecule has 136 valence electrons. The van der Waals surface area contributed by atoms with E-state index in [0.29, 0.717) is 18.1 Å². The molecule has 0 aromatic rings. The number of carboxylic acids is 1. The highest BCUT2D eigenvalue weighted by atomic mass is 32.2. The van der Waals surface area contributed by atoms with Crippen molar-refractivity contribution in [1.82, 2.24) is 16.0 Å². The molecule has 2 aliphatic heterocycles. The van der Waals surface area contributed by atoms with Gasteiger partial charge in [0.15, 0.2) is 0 Å². The fourth-order valence-electron chi connectivity index (χ4n) is 3.23. The van der Waals surface area contributed by atoms with Crippen LogP contribution >= 0.6 is 11.8 Å². The Morgan fingerprint density at radius 3 is 2.75 bits per heavy atom. The molecule has 3 amide bonds. The number of unbranched alkanes of at least 4 members (excludes halogenated alkanes) is 1. The van der Waals surface area contributed by atoms with E-state index in [4.69, 9.17) is 5.11 Å². The first-order chi connectivity index (χ1) is 11.4. The van der Waals surface area contributed by atoms with Gasteiger partial charge < -0.3 is 21.1 Å². The molecule has 0 aromatic carbocycles. The molecule has 0 saturated carbocycles. The number of hydrogen-bond donors (Lipinski definition) is 4. The largest absolute Gasteiger partial charge is 0.480 e. The van der Waals surface area contributed by atoms with Crippen molar-refractivity contribution in [2.24, 2.45) is 5.92 Å². The van der Waals surface area contributed by atoms with Crippen molar-refractivity contribution in [1.29, 1.82) is 0 Å². The summed E-state index contributed by atoms with van der Waals surface area (Å²) in [5.41, 5.74) is 0. The molecule has 4 atom stereocenters. The molecule has 0 radical (unpaired) electrons. The molecule has 2 fully saturated rings. The number of thioether (sulfide) groups is 1. The Labute approximate surface area is 146 Å². The fourth-order valence-corrected chi connectivity index (χ4v) is 4.78. The first-order valence-corrected chi connectivity index (χ1v) is 9.62. The number of aliphatic carboxylic acids is 1. The molecule has 0 aliphatic carbocycles. The van der Waals surface area contributed by atoms with Gasteiger partial charge in [0.1, 0.15) is 6.04 Å². The summed E-state index contributed by atoms with van der Waals surface area (Å²) in [6.45, 7) is 3.87. The third-order valence-corrected chi connectivity index (χ3v) is 5.93. The fraction of sp³-hybridized carbons (Fsp3) is 0.812. The lowest BCUT2D eigenvalue weighted by Gasteiger charge is -2.17. The summed E-state index contributed by atoms with van der Waals surface area (Å²) in [5, 5.41) is 18.0. The summed E-state index contributed by atoms with van der Waals surface area (Å²) >= 11 is 1.86. The Kier molecular flexibility index (Phi) is 6.77. The molecular weight excluding hydrogens is 330 g/mol. The molecule has 2 saturated heterocycles. The number of nitrogens with one attached hydrogen (secondary N) is 3. The first kappa shape index (κ1) is 18.9. The van der Waals surface area contributed by atoms with Crippen molar-refractivity contribution in [3.8, 4) is 0 Å². The van der Waals surface area contributed by atoms with E-state index in [1.165, 1.54) is 0 Å². The van der Waals surface area contributed by atoms with Gasteiger partial charge in [0.25, 0.3) is 0 Å². The average Bonchev–Trinajstić information content (AvgIpc) is 3.02. The minimum Gasteiger partial charge on any atom is -0.480 e. The van der Waals surface area contributed by atoms with Crippen LogP contribution in [0.3, 0.4) is 0 Å². The molecule has 2 aliphatic rings. The monoisotopic (exact) mass is 357 g/mol. The van der Waals surface area contributed by atoms with Crippen LogP contribution in [0.5, 0.6) is 0 Å². The number of fused-ring (bicyclic) bond motifs is 1.